The molecule has 0 aromatic heterocycles. The molecule has 1 rings (SSSR count). The average Bonchev–Trinajstić information content (AvgIpc) is 2.40. The Balaban J connectivity index is 2.82. The predicted molar refractivity (Wildman–Crippen MR) is 74.3 cm³/mol. The zero-order valence-corrected chi connectivity index (χ0v) is 11.7. The summed E-state index contributed by atoms with van der Waals surface area (Å²) in [7, 11) is 1.29. The second-order valence-electron chi connectivity index (χ2n) is 4.11. The molecule has 19 heavy (non-hydrogen) atoms. The van der Waals surface area contributed by atoms with Crippen LogP contribution in [-0.2, 0) is 9.53 Å². The normalized spacial score (nSPS) is 11.8. The number of carbonyl (C=O) groups is 2. The average molecular weight is 285 g/mol. The van der Waals surface area contributed by atoms with Crippen LogP contribution < -0.4 is 11.1 Å². The van der Waals surface area contributed by atoms with Gasteiger partial charge in [-0.25, -0.2) is 4.79 Å². The zero-order valence-electron chi connectivity index (χ0n) is 10.9. The molecule has 0 aliphatic heterocycles. The van der Waals surface area contributed by atoms with Gasteiger partial charge in [0.25, 0.3) is 0 Å². The van der Waals surface area contributed by atoms with E-state index in [2.05, 4.69) is 10.1 Å². The number of nitrogens with one attached hydrogen (secondary N) is 1. The van der Waals surface area contributed by atoms with E-state index >= 15 is 0 Å². The van der Waals surface area contributed by atoms with Crippen LogP contribution in [-0.4, -0.2) is 25.0 Å². The molecule has 0 heterocycles. The van der Waals surface area contributed by atoms with Gasteiger partial charge >= 0.3 is 5.97 Å². The third-order valence-corrected chi connectivity index (χ3v) is 2.96. The van der Waals surface area contributed by atoms with Crippen molar-refractivity contribution in [1.82, 2.24) is 0 Å². The van der Waals surface area contributed by atoms with Gasteiger partial charge in [-0.3, -0.25) is 4.79 Å². The van der Waals surface area contributed by atoms with E-state index in [1.165, 1.54) is 25.3 Å². The maximum atomic E-state index is 11.7. The van der Waals surface area contributed by atoms with Gasteiger partial charge in [0.2, 0.25) is 5.91 Å². The van der Waals surface area contributed by atoms with Gasteiger partial charge in [-0.2, -0.15) is 0 Å². The van der Waals surface area contributed by atoms with Gasteiger partial charge in [0.05, 0.1) is 23.4 Å². The molecule has 1 atom stereocenters. The van der Waals surface area contributed by atoms with E-state index in [1.54, 1.807) is 0 Å². The number of benzene rings is 1. The van der Waals surface area contributed by atoms with E-state index in [1.807, 2.05) is 6.92 Å². The van der Waals surface area contributed by atoms with Gasteiger partial charge in [0.15, 0.2) is 0 Å². The zero-order chi connectivity index (χ0) is 14.4. The van der Waals surface area contributed by atoms with E-state index in [0.29, 0.717) is 22.7 Å². The van der Waals surface area contributed by atoms with Crippen molar-refractivity contribution >= 4 is 29.2 Å². The Kier molecular flexibility index (Phi) is 5.79. The Hall–Kier alpha value is -1.59. The molecule has 6 heteroatoms. The number of ether oxygens (including phenoxy) is 1. The van der Waals surface area contributed by atoms with Crippen LogP contribution in [0.2, 0.25) is 5.02 Å². The largest absolute Gasteiger partial charge is 0.465 e. The fraction of sp³-hybridized carbons (Fsp3) is 0.385. The molecule has 0 aliphatic carbocycles. The molecule has 0 spiro atoms. The third-order valence-electron chi connectivity index (χ3n) is 2.63. The van der Waals surface area contributed by atoms with Crippen LogP contribution in [0.4, 0.5) is 5.69 Å². The first-order valence-corrected chi connectivity index (χ1v) is 6.29. The fourth-order valence-electron chi connectivity index (χ4n) is 1.45. The first-order chi connectivity index (χ1) is 8.97. The van der Waals surface area contributed by atoms with Crippen molar-refractivity contribution < 1.29 is 14.3 Å². The van der Waals surface area contributed by atoms with Crippen molar-refractivity contribution in [3.8, 4) is 0 Å². The SMILES string of the molecule is CCC(N)CC(=O)Nc1cc(C(=O)OC)ccc1Cl. The van der Waals surface area contributed by atoms with Crippen molar-refractivity contribution in [2.75, 3.05) is 12.4 Å². The monoisotopic (exact) mass is 284 g/mol. The lowest BCUT2D eigenvalue weighted by Crippen LogP contribution is -2.26. The highest BCUT2D eigenvalue weighted by Crippen LogP contribution is 2.23. The number of carbonyl (C=O) groups excluding carboxylic acids is 2. The number of halogens is 1. The summed E-state index contributed by atoms with van der Waals surface area (Å²) in [6.07, 6.45) is 0.915. The smallest absolute Gasteiger partial charge is 0.337 e. The molecule has 5 nitrogen and oxygen atoms in total. The number of nitrogens with two attached hydrogens (primary N) is 1. The fourth-order valence-corrected chi connectivity index (χ4v) is 1.61. The molecule has 1 unspecified atom stereocenters. The lowest BCUT2D eigenvalue weighted by atomic mass is 10.1. The number of esters is 1. The lowest BCUT2D eigenvalue weighted by molar-refractivity contribution is -0.116. The molecule has 1 aromatic carbocycles. The summed E-state index contributed by atoms with van der Waals surface area (Å²) in [5.74, 6) is -0.726. The Morgan fingerprint density at radius 3 is 2.74 bits per heavy atom. The molecular weight excluding hydrogens is 268 g/mol. The highest BCUT2D eigenvalue weighted by molar-refractivity contribution is 6.33. The summed E-state index contributed by atoms with van der Waals surface area (Å²) in [6, 6.07) is 4.34. The van der Waals surface area contributed by atoms with Crippen LogP contribution in [0.3, 0.4) is 0 Å². The molecule has 3 N–H and O–H groups in total. The molecule has 0 fully saturated rings. The standard InChI is InChI=1S/C13H17ClN2O3/c1-3-9(15)7-12(17)16-11-6-8(13(18)19-2)4-5-10(11)14/h4-6,9H,3,7,15H2,1-2H3,(H,16,17). The van der Waals surface area contributed by atoms with Crippen molar-refractivity contribution in [1.29, 1.82) is 0 Å². The van der Waals surface area contributed by atoms with Crippen molar-refractivity contribution in [3.63, 3.8) is 0 Å². The quantitative estimate of drug-likeness (QED) is 0.812. The van der Waals surface area contributed by atoms with Gasteiger partial charge in [-0.15, -0.1) is 0 Å². The number of amides is 1. The summed E-state index contributed by atoms with van der Waals surface area (Å²) in [5.41, 5.74) is 6.39. The maximum absolute atomic E-state index is 11.7. The molecule has 1 amide bonds. The van der Waals surface area contributed by atoms with Crippen LogP contribution in [0.15, 0.2) is 18.2 Å². The number of hydrogen-bond donors (Lipinski definition) is 2. The number of anilines is 1. The van der Waals surface area contributed by atoms with Crippen molar-refractivity contribution in [2.24, 2.45) is 5.73 Å². The Bertz CT molecular complexity index is 477. The highest BCUT2D eigenvalue weighted by Gasteiger charge is 2.12. The molecule has 0 saturated heterocycles. The van der Waals surface area contributed by atoms with E-state index in [-0.39, 0.29) is 18.4 Å². The van der Waals surface area contributed by atoms with E-state index in [0.717, 1.165) is 0 Å². The predicted octanol–water partition coefficient (Wildman–Crippen LogP) is 2.19. The van der Waals surface area contributed by atoms with E-state index in [9.17, 15) is 9.59 Å². The van der Waals surface area contributed by atoms with Crippen LogP contribution in [0, 0.1) is 0 Å². The summed E-state index contributed by atoms with van der Waals surface area (Å²) < 4.78 is 4.60. The maximum Gasteiger partial charge on any atom is 0.337 e. The molecular formula is C13H17ClN2O3. The number of rotatable bonds is 5. The lowest BCUT2D eigenvalue weighted by Gasteiger charge is -2.11. The number of hydrogen-bond acceptors (Lipinski definition) is 4. The highest BCUT2D eigenvalue weighted by atomic mass is 35.5. The first-order valence-electron chi connectivity index (χ1n) is 5.91. The van der Waals surface area contributed by atoms with Gasteiger partial charge in [0.1, 0.15) is 0 Å². The minimum atomic E-state index is -0.488. The van der Waals surface area contributed by atoms with Crippen LogP contribution in [0.1, 0.15) is 30.1 Å². The van der Waals surface area contributed by atoms with Gasteiger partial charge in [0, 0.05) is 12.5 Å². The van der Waals surface area contributed by atoms with Crippen LogP contribution >= 0.6 is 11.6 Å². The van der Waals surface area contributed by atoms with Gasteiger partial charge in [-0.05, 0) is 24.6 Å². The minimum Gasteiger partial charge on any atom is -0.465 e. The Morgan fingerprint density at radius 2 is 2.16 bits per heavy atom. The third kappa shape index (κ3) is 4.54. The summed E-state index contributed by atoms with van der Waals surface area (Å²) in [6.45, 7) is 1.91. The van der Waals surface area contributed by atoms with E-state index in [4.69, 9.17) is 17.3 Å². The molecule has 0 radical (unpaired) electrons. The first kappa shape index (κ1) is 15.5. The summed E-state index contributed by atoms with van der Waals surface area (Å²) >= 11 is 5.96. The van der Waals surface area contributed by atoms with Crippen molar-refractivity contribution in [3.05, 3.63) is 28.8 Å². The molecule has 1 aromatic rings. The summed E-state index contributed by atoms with van der Waals surface area (Å²) in [5, 5.41) is 2.99. The Labute approximate surface area is 117 Å². The topological polar surface area (TPSA) is 81.4 Å². The van der Waals surface area contributed by atoms with Gasteiger partial charge < -0.3 is 15.8 Å². The molecule has 0 bridgehead atoms. The van der Waals surface area contributed by atoms with Crippen molar-refractivity contribution in [2.45, 2.75) is 25.8 Å². The summed E-state index contributed by atoms with van der Waals surface area (Å²) in [4.78, 5) is 23.1. The van der Waals surface area contributed by atoms with Crippen LogP contribution in [0.5, 0.6) is 0 Å². The second kappa shape index (κ2) is 7.11. The van der Waals surface area contributed by atoms with Gasteiger partial charge in [-0.1, -0.05) is 18.5 Å². The number of methoxy groups -OCH3 is 1. The Morgan fingerprint density at radius 1 is 1.47 bits per heavy atom. The molecule has 0 saturated carbocycles. The van der Waals surface area contributed by atoms with Crippen LogP contribution in [0.25, 0.3) is 0 Å². The molecule has 104 valence electrons. The second-order valence-corrected chi connectivity index (χ2v) is 4.51. The minimum absolute atomic E-state index is 0.192. The molecule has 0 aliphatic rings. The van der Waals surface area contributed by atoms with E-state index < -0.39 is 5.97 Å².